The topological polar surface area (TPSA) is 95.5 Å². The number of aliphatic imine (C=N–C) groups is 1. The molecule has 9 heteroatoms. The van der Waals surface area contributed by atoms with Gasteiger partial charge in [-0.15, -0.1) is 0 Å². The molecule has 0 aliphatic heterocycles. The zero-order valence-corrected chi connectivity index (χ0v) is 17.3. The number of nitrogens with zero attached hydrogens (tertiary/aromatic N) is 2. The lowest BCUT2D eigenvalue weighted by Gasteiger charge is -2.13. The first-order chi connectivity index (χ1) is 14.9. The molecule has 0 atom stereocenters. The molecule has 1 heterocycles. The Morgan fingerprint density at radius 3 is 2.58 bits per heavy atom. The van der Waals surface area contributed by atoms with E-state index in [0.717, 1.165) is 5.56 Å². The van der Waals surface area contributed by atoms with Crippen LogP contribution in [0.5, 0.6) is 0 Å². The zero-order chi connectivity index (χ0) is 22.2. The molecule has 0 radical (unpaired) electrons. The van der Waals surface area contributed by atoms with Crippen LogP contribution in [0.25, 0.3) is 0 Å². The van der Waals surface area contributed by atoms with Crippen molar-refractivity contribution in [2.24, 2.45) is 4.99 Å². The third-order valence-corrected chi connectivity index (χ3v) is 4.29. The van der Waals surface area contributed by atoms with Crippen LogP contribution < -0.4 is 16.0 Å². The molecule has 158 valence electrons. The lowest BCUT2D eigenvalue weighted by Crippen LogP contribution is -2.36. The summed E-state index contributed by atoms with van der Waals surface area (Å²) in [6, 6.07) is 14.2. The minimum atomic E-state index is -0.556. The van der Waals surface area contributed by atoms with Gasteiger partial charge in [0.1, 0.15) is 5.82 Å². The summed E-state index contributed by atoms with van der Waals surface area (Å²) >= 11 is 5.85. The number of anilines is 2. The van der Waals surface area contributed by atoms with E-state index >= 15 is 0 Å². The van der Waals surface area contributed by atoms with Gasteiger partial charge >= 0.3 is 0 Å². The molecule has 31 heavy (non-hydrogen) atoms. The summed E-state index contributed by atoms with van der Waals surface area (Å²) in [5.74, 6) is -1.11. The minimum absolute atomic E-state index is 0.0639. The maximum atomic E-state index is 13.5. The second kappa shape index (κ2) is 10.3. The summed E-state index contributed by atoms with van der Waals surface area (Å²) in [6.07, 6.45) is 3.31. The lowest BCUT2D eigenvalue weighted by molar-refractivity contribution is -0.114. The van der Waals surface area contributed by atoms with E-state index in [1.54, 1.807) is 42.7 Å². The van der Waals surface area contributed by atoms with Crippen molar-refractivity contribution in [2.75, 3.05) is 10.6 Å². The fourth-order valence-corrected chi connectivity index (χ4v) is 2.78. The van der Waals surface area contributed by atoms with Gasteiger partial charge in [0, 0.05) is 36.3 Å². The number of hydrogen-bond donors (Lipinski definition) is 3. The van der Waals surface area contributed by atoms with E-state index in [9.17, 15) is 14.0 Å². The van der Waals surface area contributed by atoms with Crippen molar-refractivity contribution in [3.63, 3.8) is 0 Å². The Hall–Kier alpha value is -3.78. The van der Waals surface area contributed by atoms with Crippen LogP contribution in [-0.4, -0.2) is 22.8 Å². The number of carbonyl (C=O) groups is 2. The highest BCUT2D eigenvalue weighted by Gasteiger charge is 2.11. The molecule has 0 fully saturated rings. The molecule has 0 bridgehead atoms. The van der Waals surface area contributed by atoms with Crippen LogP contribution >= 0.6 is 11.6 Å². The summed E-state index contributed by atoms with van der Waals surface area (Å²) < 4.78 is 13.5. The SMILES string of the molecule is CC(=O)Nc1cccc(C(=O)NC(=NCc2cccnc2)Nc2ccc(F)c(Cl)c2)c1. The second-order valence-electron chi connectivity index (χ2n) is 6.50. The highest BCUT2D eigenvalue weighted by Crippen LogP contribution is 2.19. The van der Waals surface area contributed by atoms with Crippen molar-refractivity contribution in [3.8, 4) is 0 Å². The molecule has 1 aromatic heterocycles. The van der Waals surface area contributed by atoms with Crippen LogP contribution in [0.2, 0.25) is 5.02 Å². The molecule has 3 N–H and O–H groups in total. The van der Waals surface area contributed by atoms with E-state index in [1.165, 1.54) is 25.1 Å². The number of benzene rings is 2. The highest BCUT2D eigenvalue weighted by molar-refractivity contribution is 6.31. The van der Waals surface area contributed by atoms with Crippen LogP contribution in [0.4, 0.5) is 15.8 Å². The third kappa shape index (κ3) is 6.61. The number of hydrogen-bond acceptors (Lipinski definition) is 4. The molecule has 0 aliphatic rings. The Morgan fingerprint density at radius 1 is 1.06 bits per heavy atom. The van der Waals surface area contributed by atoms with Crippen LogP contribution in [0, 0.1) is 5.82 Å². The molecule has 0 saturated carbocycles. The Labute approximate surface area is 183 Å². The fourth-order valence-electron chi connectivity index (χ4n) is 2.60. The molecular formula is C22H19ClFN5O2. The number of guanidine groups is 1. The van der Waals surface area contributed by atoms with Crippen LogP contribution in [0.3, 0.4) is 0 Å². The lowest BCUT2D eigenvalue weighted by atomic mass is 10.2. The van der Waals surface area contributed by atoms with Crippen molar-refractivity contribution in [3.05, 3.63) is 89.0 Å². The first kappa shape index (κ1) is 21.9. The van der Waals surface area contributed by atoms with Gasteiger partial charge in [-0.3, -0.25) is 19.9 Å². The van der Waals surface area contributed by atoms with Gasteiger partial charge < -0.3 is 10.6 Å². The summed E-state index contributed by atoms with van der Waals surface area (Å²) in [7, 11) is 0. The molecule has 3 rings (SSSR count). The minimum Gasteiger partial charge on any atom is -0.326 e. The number of rotatable bonds is 5. The van der Waals surface area contributed by atoms with Crippen molar-refractivity contribution < 1.29 is 14.0 Å². The van der Waals surface area contributed by atoms with Gasteiger partial charge in [-0.2, -0.15) is 0 Å². The van der Waals surface area contributed by atoms with E-state index < -0.39 is 11.7 Å². The van der Waals surface area contributed by atoms with Gasteiger partial charge in [-0.05, 0) is 48.0 Å². The van der Waals surface area contributed by atoms with E-state index in [2.05, 4.69) is 25.9 Å². The van der Waals surface area contributed by atoms with Gasteiger partial charge in [0.05, 0.1) is 11.6 Å². The molecule has 7 nitrogen and oxygen atoms in total. The van der Waals surface area contributed by atoms with E-state index in [-0.39, 0.29) is 23.4 Å². The predicted molar refractivity (Wildman–Crippen MR) is 119 cm³/mol. The molecule has 0 aliphatic carbocycles. The van der Waals surface area contributed by atoms with E-state index in [0.29, 0.717) is 16.9 Å². The Bertz CT molecular complexity index is 1120. The van der Waals surface area contributed by atoms with E-state index in [1.807, 2.05) is 6.07 Å². The van der Waals surface area contributed by atoms with Crippen molar-refractivity contribution >= 4 is 40.7 Å². The molecule has 2 amide bonds. The monoisotopic (exact) mass is 439 g/mol. The Morgan fingerprint density at radius 2 is 1.87 bits per heavy atom. The number of nitrogens with one attached hydrogen (secondary N) is 3. The van der Waals surface area contributed by atoms with Gasteiger partial charge in [-0.1, -0.05) is 23.7 Å². The Balaban J connectivity index is 1.82. The molecule has 0 spiro atoms. The van der Waals surface area contributed by atoms with Crippen LogP contribution in [0.15, 0.2) is 72.0 Å². The normalized spacial score (nSPS) is 11.0. The molecular weight excluding hydrogens is 421 g/mol. The van der Waals surface area contributed by atoms with Gasteiger partial charge in [0.15, 0.2) is 0 Å². The van der Waals surface area contributed by atoms with E-state index in [4.69, 9.17) is 11.6 Å². The van der Waals surface area contributed by atoms with Crippen molar-refractivity contribution in [1.29, 1.82) is 0 Å². The average Bonchev–Trinajstić information content (AvgIpc) is 2.75. The van der Waals surface area contributed by atoms with Crippen LogP contribution in [-0.2, 0) is 11.3 Å². The Kier molecular flexibility index (Phi) is 7.29. The molecule has 3 aromatic rings. The summed E-state index contributed by atoms with van der Waals surface area (Å²) in [5.41, 5.74) is 2.09. The number of halogens is 2. The standard InChI is InChI=1S/C22H19ClFN5O2/c1-14(30)27-17-6-2-5-16(10-17)21(31)29-22(26-13-15-4-3-9-25-12-15)28-18-7-8-20(24)19(23)11-18/h2-12H,13H2,1H3,(H,27,30)(H2,26,28,29,31). The van der Waals surface area contributed by atoms with Crippen molar-refractivity contribution in [2.45, 2.75) is 13.5 Å². The molecule has 2 aromatic carbocycles. The number of carbonyl (C=O) groups excluding carboxylic acids is 2. The maximum Gasteiger partial charge on any atom is 0.258 e. The zero-order valence-electron chi connectivity index (χ0n) is 16.5. The largest absolute Gasteiger partial charge is 0.326 e. The number of amides is 2. The van der Waals surface area contributed by atoms with Gasteiger partial charge in [-0.25, -0.2) is 9.38 Å². The number of pyridine rings is 1. The first-order valence-corrected chi connectivity index (χ1v) is 9.63. The fraction of sp³-hybridized carbons (Fsp3) is 0.0909. The van der Waals surface area contributed by atoms with Gasteiger partial charge in [0.25, 0.3) is 5.91 Å². The third-order valence-electron chi connectivity index (χ3n) is 4.00. The number of aromatic nitrogens is 1. The predicted octanol–water partition coefficient (Wildman–Crippen LogP) is 4.23. The second-order valence-corrected chi connectivity index (χ2v) is 6.90. The highest BCUT2D eigenvalue weighted by atomic mass is 35.5. The average molecular weight is 440 g/mol. The smallest absolute Gasteiger partial charge is 0.258 e. The molecule has 0 unspecified atom stereocenters. The van der Waals surface area contributed by atoms with Gasteiger partial charge in [0.2, 0.25) is 11.9 Å². The maximum absolute atomic E-state index is 13.5. The molecule has 0 saturated heterocycles. The first-order valence-electron chi connectivity index (χ1n) is 9.25. The summed E-state index contributed by atoms with van der Waals surface area (Å²) in [6.45, 7) is 1.63. The summed E-state index contributed by atoms with van der Waals surface area (Å²) in [5, 5.41) is 8.20. The summed E-state index contributed by atoms with van der Waals surface area (Å²) in [4.78, 5) is 32.5. The van der Waals surface area contributed by atoms with Crippen LogP contribution in [0.1, 0.15) is 22.8 Å². The van der Waals surface area contributed by atoms with Crippen molar-refractivity contribution in [1.82, 2.24) is 10.3 Å². The quantitative estimate of drug-likeness (QED) is 0.409.